The topological polar surface area (TPSA) is 118 Å². The molecule has 0 aliphatic carbocycles. The van der Waals surface area contributed by atoms with Crippen molar-refractivity contribution in [3.63, 3.8) is 0 Å². The quantitative estimate of drug-likeness (QED) is 0.0559. The monoisotopic (exact) mass is 960 g/mol. The lowest BCUT2D eigenvalue weighted by Gasteiger charge is -2.38. The fourth-order valence-electron chi connectivity index (χ4n) is 9.51. The maximum Gasteiger partial charge on any atom is 0.176 e. The second kappa shape index (κ2) is 20.4. The van der Waals surface area contributed by atoms with Crippen molar-refractivity contribution in [3.8, 4) is 72.4 Å². The highest BCUT2D eigenvalue weighted by Crippen LogP contribution is 2.48. The van der Waals surface area contributed by atoms with Crippen LogP contribution < -0.4 is 18.9 Å². The summed E-state index contributed by atoms with van der Waals surface area (Å²) in [7, 11) is 6.24. The average Bonchev–Trinajstić information content (AvgIpc) is 3.47. The average molecular weight is 961 g/mol. The molecule has 4 N–H and O–H groups in total. The van der Waals surface area contributed by atoms with Crippen LogP contribution in [0.5, 0.6) is 23.0 Å². The molecule has 8 aromatic carbocycles. The normalized spacial score (nSPS) is 15.1. The fraction of sp³-hybridized carbons (Fsp3) is 0.138. The number of aliphatic hydroxyl groups is 4. The molecule has 4 atom stereocenters. The summed E-state index contributed by atoms with van der Waals surface area (Å²) in [4.78, 5) is 0. The van der Waals surface area contributed by atoms with E-state index in [2.05, 4.69) is 23.7 Å². The Balaban J connectivity index is 1.38. The molecule has 360 valence electrons. The van der Waals surface area contributed by atoms with E-state index in [-0.39, 0.29) is 0 Å². The van der Waals surface area contributed by atoms with Crippen LogP contribution in [0.4, 0.5) is 0 Å². The van der Waals surface area contributed by atoms with E-state index in [4.69, 9.17) is 44.6 Å². The number of ether oxygens (including phenoxy) is 4. The molecular formula is C65H52O8. The van der Waals surface area contributed by atoms with Crippen molar-refractivity contribution in [1.29, 1.82) is 0 Å². The Labute approximate surface area is 427 Å². The van der Waals surface area contributed by atoms with Crippen LogP contribution in [0.3, 0.4) is 0 Å². The van der Waals surface area contributed by atoms with Crippen molar-refractivity contribution in [3.05, 3.63) is 261 Å². The molecule has 8 heteroatoms. The van der Waals surface area contributed by atoms with Crippen molar-refractivity contribution in [1.82, 2.24) is 0 Å². The van der Waals surface area contributed by atoms with Gasteiger partial charge in [-0.05, 0) is 70.8 Å². The summed E-state index contributed by atoms with van der Waals surface area (Å²) >= 11 is 0. The zero-order valence-corrected chi connectivity index (χ0v) is 40.7. The molecule has 73 heavy (non-hydrogen) atoms. The van der Waals surface area contributed by atoms with Crippen LogP contribution in [-0.4, -0.2) is 48.9 Å². The maximum atomic E-state index is 12.2. The van der Waals surface area contributed by atoms with Gasteiger partial charge >= 0.3 is 0 Å². The Morgan fingerprint density at radius 3 is 0.493 bits per heavy atom. The second-order valence-corrected chi connectivity index (χ2v) is 17.4. The molecule has 0 aromatic heterocycles. The lowest BCUT2D eigenvalue weighted by Crippen LogP contribution is -2.33. The smallest absolute Gasteiger partial charge is 0.176 e. The molecule has 0 aliphatic heterocycles. The number of hydrogen-bond donors (Lipinski definition) is 4. The molecule has 0 bridgehead atoms. The van der Waals surface area contributed by atoms with Gasteiger partial charge in [-0.25, -0.2) is 0 Å². The molecule has 0 spiro atoms. The van der Waals surface area contributed by atoms with Crippen LogP contribution >= 0.6 is 0 Å². The van der Waals surface area contributed by atoms with Gasteiger partial charge < -0.3 is 39.4 Å². The first-order chi connectivity index (χ1) is 35.2. The molecule has 8 rings (SSSR count). The Morgan fingerprint density at radius 1 is 0.247 bits per heavy atom. The fourth-order valence-corrected chi connectivity index (χ4v) is 9.51. The molecular weight excluding hydrogens is 909 g/mol. The molecule has 0 saturated heterocycles. The Bertz CT molecular complexity index is 2910. The van der Waals surface area contributed by atoms with E-state index < -0.39 is 27.8 Å². The first kappa shape index (κ1) is 50.4. The molecule has 8 nitrogen and oxygen atoms in total. The van der Waals surface area contributed by atoms with Gasteiger partial charge in [0.05, 0.1) is 33.9 Å². The van der Waals surface area contributed by atoms with Crippen molar-refractivity contribution < 1.29 is 39.4 Å². The number of hydrogen-bond acceptors (Lipinski definition) is 8. The zero-order valence-electron chi connectivity index (χ0n) is 40.7. The second-order valence-electron chi connectivity index (χ2n) is 17.4. The molecule has 0 aliphatic rings. The van der Waals surface area contributed by atoms with E-state index in [9.17, 15) is 20.4 Å². The summed E-state index contributed by atoms with van der Waals surface area (Å²) in [5.74, 6) is 12.9. The predicted molar refractivity (Wildman–Crippen MR) is 284 cm³/mol. The number of rotatable bonds is 16. The van der Waals surface area contributed by atoms with Crippen LogP contribution in [0.15, 0.2) is 194 Å². The standard InChI is InChI=1S/C65H52O8/c1-9-61(66,49-29-37-57(70-5)38-30-49)45-13-21-53(22-14-45)65(54-23-15-46(16-24-54)62(67,10-2)50-31-39-58(71-6)40-32-50,55-25-17-47(18-26-55)63(68,11-3)51-33-41-59(72-7)42-34-51)56-27-19-48(20-28-56)64(69,12-4)52-35-43-60(73-8)44-36-52/h1-4,13-44,66-69H,5-8H3. The largest absolute Gasteiger partial charge is 0.497 e. The molecule has 8 aromatic rings. The number of terminal acetylenes is 4. The minimum absolute atomic E-state index is 0.426. The zero-order chi connectivity index (χ0) is 52.0. The third-order valence-electron chi connectivity index (χ3n) is 13.8. The van der Waals surface area contributed by atoms with Gasteiger partial charge in [0.25, 0.3) is 0 Å². The number of methoxy groups -OCH3 is 4. The Hall–Kier alpha value is -8.96. The van der Waals surface area contributed by atoms with Gasteiger partial charge in [-0.2, -0.15) is 0 Å². The van der Waals surface area contributed by atoms with Gasteiger partial charge in [-0.3, -0.25) is 0 Å². The van der Waals surface area contributed by atoms with Gasteiger partial charge in [0.2, 0.25) is 0 Å². The van der Waals surface area contributed by atoms with Crippen LogP contribution in [0.1, 0.15) is 66.8 Å². The van der Waals surface area contributed by atoms with E-state index in [1.54, 1.807) is 174 Å². The van der Waals surface area contributed by atoms with Crippen molar-refractivity contribution in [2.45, 2.75) is 27.8 Å². The van der Waals surface area contributed by atoms with Crippen LogP contribution in [-0.2, 0) is 27.8 Å². The van der Waals surface area contributed by atoms with E-state index in [0.29, 0.717) is 89.8 Å². The first-order valence-corrected chi connectivity index (χ1v) is 23.1. The Kier molecular flexibility index (Phi) is 14.1. The molecule has 0 amide bonds. The van der Waals surface area contributed by atoms with Gasteiger partial charge in [0, 0.05) is 44.5 Å². The highest BCUT2D eigenvalue weighted by atomic mass is 16.5. The highest BCUT2D eigenvalue weighted by Gasteiger charge is 2.42. The van der Waals surface area contributed by atoms with Crippen LogP contribution in [0.25, 0.3) is 0 Å². The van der Waals surface area contributed by atoms with Gasteiger partial charge in [0.1, 0.15) is 23.0 Å². The van der Waals surface area contributed by atoms with Gasteiger partial charge in [0.15, 0.2) is 22.4 Å². The van der Waals surface area contributed by atoms with Crippen LogP contribution in [0, 0.1) is 49.4 Å². The van der Waals surface area contributed by atoms with E-state index in [1.807, 2.05) is 48.5 Å². The molecule has 0 heterocycles. The summed E-state index contributed by atoms with van der Waals surface area (Å²) in [6, 6.07) is 57.1. The van der Waals surface area contributed by atoms with Gasteiger partial charge in [-0.15, -0.1) is 25.7 Å². The minimum Gasteiger partial charge on any atom is -0.497 e. The third kappa shape index (κ3) is 8.84. The minimum atomic E-state index is -1.83. The molecule has 0 saturated carbocycles. The first-order valence-electron chi connectivity index (χ1n) is 23.1. The van der Waals surface area contributed by atoms with E-state index >= 15 is 0 Å². The predicted octanol–water partition coefficient (Wildman–Crippen LogP) is 9.58. The Morgan fingerprint density at radius 2 is 0.370 bits per heavy atom. The molecule has 0 radical (unpaired) electrons. The number of benzene rings is 8. The third-order valence-corrected chi connectivity index (χ3v) is 13.8. The lowest BCUT2D eigenvalue weighted by molar-refractivity contribution is 0.145. The summed E-state index contributed by atoms with van der Waals surface area (Å²) in [5.41, 5.74) is -2.17. The summed E-state index contributed by atoms with van der Waals surface area (Å²) in [6.07, 6.45) is 24.5. The summed E-state index contributed by atoms with van der Waals surface area (Å²) < 4.78 is 21.5. The van der Waals surface area contributed by atoms with Crippen molar-refractivity contribution >= 4 is 0 Å². The summed E-state index contributed by atoms with van der Waals surface area (Å²) in [6.45, 7) is 0. The molecule has 0 fully saturated rings. The SMILES string of the molecule is C#CC(O)(c1ccc(OC)cc1)c1ccc(C(c2ccc(C(O)(C#C)c3ccc(OC)cc3)cc2)(c2ccc(C(O)(C#C)c3ccc(OC)cc3)cc2)c2ccc(C(O)(C#C)c3ccc(OC)cc3)cc2)cc1. The lowest BCUT2D eigenvalue weighted by atomic mass is 9.64. The molecule has 4 unspecified atom stereocenters. The van der Waals surface area contributed by atoms with Crippen LogP contribution in [0.2, 0.25) is 0 Å². The van der Waals surface area contributed by atoms with E-state index in [1.165, 1.54) is 0 Å². The maximum absolute atomic E-state index is 12.2. The van der Waals surface area contributed by atoms with Crippen molar-refractivity contribution in [2.24, 2.45) is 0 Å². The van der Waals surface area contributed by atoms with E-state index in [0.717, 1.165) is 0 Å². The van der Waals surface area contributed by atoms with Gasteiger partial charge in [-0.1, -0.05) is 169 Å². The van der Waals surface area contributed by atoms with Crippen molar-refractivity contribution in [2.75, 3.05) is 28.4 Å². The highest BCUT2D eigenvalue weighted by molar-refractivity contribution is 5.63. The summed E-state index contributed by atoms with van der Waals surface area (Å²) in [5, 5.41) is 48.9.